The predicted octanol–water partition coefficient (Wildman–Crippen LogP) is 1.66. The number of anilines is 1. The summed E-state index contributed by atoms with van der Waals surface area (Å²) in [5, 5.41) is 1.88. The van der Waals surface area contributed by atoms with Gasteiger partial charge in [-0.1, -0.05) is 19.9 Å². The first kappa shape index (κ1) is 15.0. The number of thioether (sulfide) groups is 2. The molecule has 1 saturated heterocycles. The van der Waals surface area contributed by atoms with Gasteiger partial charge in [-0.3, -0.25) is 11.3 Å². The second-order valence-electron chi connectivity index (χ2n) is 4.94. The highest BCUT2D eigenvalue weighted by Crippen LogP contribution is 2.37. The van der Waals surface area contributed by atoms with Crippen LogP contribution < -0.4 is 17.0 Å². The molecule has 106 valence electrons. The standard InChI is InChI=1S/C13H22N4S2/c1-8-9(2)19-12(7-18-8)11(17-15)6-10-4-3-5-16-13(10)14/h3-5,8-9,11-12,17H,6-7,15H2,1-2H3,(H2,14,16). The number of rotatable bonds is 4. The molecule has 6 heteroatoms. The molecule has 0 bridgehead atoms. The van der Waals surface area contributed by atoms with E-state index in [-0.39, 0.29) is 6.04 Å². The fourth-order valence-corrected chi connectivity index (χ4v) is 5.29. The van der Waals surface area contributed by atoms with Crippen molar-refractivity contribution in [2.24, 2.45) is 5.84 Å². The second-order valence-corrected chi connectivity index (χ2v) is 7.97. The van der Waals surface area contributed by atoms with E-state index in [1.807, 2.05) is 35.7 Å². The number of hydrazine groups is 1. The van der Waals surface area contributed by atoms with Crippen LogP contribution in [0, 0.1) is 0 Å². The summed E-state index contributed by atoms with van der Waals surface area (Å²) in [6.45, 7) is 4.59. The minimum absolute atomic E-state index is 0.235. The summed E-state index contributed by atoms with van der Waals surface area (Å²) in [5.74, 6) is 7.49. The second kappa shape index (κ2) is 6.83. The third-order valence-electron chi connectivity index (χ3n) is 3.60. The smallest absolute Gasteiger partial charge is 0.126 e. The molecular formula is C13H22N4S2. The third kappa shape index (κ3) is 3.78. The van der Waals surface area contributed by atoms with Crippen LogP contribution in [0.15, 0.2) is 18.3 Å². The van der Waals surface area contributed by atoms with Gasteiger partial charge in [0.1, 0.15) is 5.82 Å². The highest BCUT2D eigenvalue weighted by molar-refractivity contribution is 8.07. The van der Waals surface area contributed by atoms with Gasteiger partial charge in [0.05, 0.1) is 0 Å². The monoisotopic (exact) mass is 298 g/mol. The average Bonchev–Trinajstić information content (AvgIpc) is 2.41. The minimum Gasteiger partial charge on any atom is -0.383 e. The molecule has 0 amide bonds. The number of nitrogens with two attached hydrogens (primary N) is 2. The number of hydrogen-bond acceptors (Lipinski definition) is 6. The van der Waals surface area contributed by atoms with E-state index in [0.29, 0.717) is 21.6 Å². The lowest BCUT2D eigenvalue weighted by molar-refractivity contribution is 0.521. The van der Waals surface area contributed by atoms with Crippen molar-refractivity contribution in [3.63, 3.8) is 0 Å². The van der Waals surface area contributed by atoms with Crippen LogP contribution in [0.1, 0.15) is 19.4 Å². The molecule has 1 fully saturated rings. The summed E-state index contributed by atoms with van der Waals surface area (Å²) in [6.07, 6.45) is 2.55. The van der Waals surface area contributed by atoms with E-state index >= 15 is 0 Å². The van der Waals surface area contributed by atoms with E-state index in [2.05, 4.69) is 24.3 Å². The molecule has 4 unspecified atom stereocenters. The van der Waals surface area contributed by atoms with E-state index in [4.69, 9.17) is 11.6 Å². The van der Waals surface area contributed by atoms with E-state index in [1.165, 1.54) is 0 Å². The van der Waals surface area contributed by atoms with Crippen molar-refractivity contribution in [3.05, 3.63) is 23.9 Å². The summed E-state index contributed by atoms with van der Waals surface area (Å²) in [7, 11) is 0. The molecule has 0 saturated carbocycles. The van der Waals surface area contributed by atoms with Gasteiger partial charge in [0, 0.05) is 33.7 Å². The molecule has 5 N–H and O–H groups in total. The van der Waals surface area contributed by atoms with Crippen LogP contribution >= 0.6 is 23.5 Å². The summed E-state index contributed by atoms with van der Waals surface area (Å²) in [4.78, 5) is 4.14. The molecular weight excluding hydrogens is 276 g/mol. The summed E-state index contributed by atoms with van der Waals surface area (Å²) in [6, 6.07) is 4.19. The SMILES string of the molecule is CC1SCC(C(Cc2cccnc2N)NN)SC1C. The van der Waals surface area contributed by atoms with E-state index in [0.717, 1.165) is 17.7 Å². The lowest BCUT2D eigenvalue weighted by Crippen LogP contribution is -2.47. The van der Waals surface area contributed by atoms with Crippen LogP contribution in [0.25, 0.3) is 0 Å². The predicted molar refractivity (Wildman–Crippen MR) is 86.2 cm³/mol. The van der Waals surface area contributed by atoms with E-state index in [9.17, 15) is 0 Å². The maximum atomic E-state index is 5.91. The summed E-state index contributed by atoms with van der Waals surface area (Å²) < 4.78 is 0. The van der Waals surface area contributed by atoms with Crippen LogP contribution in [-0.4, -0.2) is 32.5 Å². The molecule has 0 aliphatic carbocycles. The van der Waals surface area contributed by atoms with Crippen molar-refractivity contribution in [1.82, 2.24) is 10.4 Å². The first-order chi connectivity index (χ1) is 9.11. The van der Waals surface area contributed by atoms with Crippen molar-refractivity contribution in [2.45, 2.75) is 42.1 Å². The number of aromatic nitrogens is 1. The topological polar surface area (TPSA) is 77.0 Å². The Kier molecular flexibility index (Phi) is 5.38. The zero-order chi connectivity index (χ0) is 13.8. The number of nitrogen functional groups attached to an aromatic ring is 1. The van der Waals surface area contributed by atoms with E-state index in [1.54, 1.807) is 6.20 Å². The highest BCUT2D eigenvalue weighted by Gasteiger charge is 2.31. The fraction of sp³-hybridized carbons (Fsp3) is 0.615. The van der Waals surface area contributed by atoms with Crippen LogP contribution in [0.2, 0.25) is 0 Å². The molecule has 1 aromatic rings. The molecule has 4 nitrogen and oxygen atoms in total. The molecule has 1 aromatic heterocycles. The lowest BCUT2D eigenvalue weighted by Gasteiger charge is -2.35. The zero-order valence-corrected chi connectivity index (χ0v) is 13.0. The Balaban J connectivity index is 2.02. The van der Waals surface area contributed by atoms with Crippen molar-refractivity contribution in [1.29, 1.82) is 0 Å². The molecule has 1 aliphatic heterocycles. The Morgan fingerprint density at radius 1 is 1.47 bits per heavy atom. The van der Waals surface area contributed by atoms with Gasteiger partial charge in [0.25, 0.3) is 0 Å². The summed E-state index contributed by atoms with van der Waals surface area (Å²) in [5.41, 5.74) is 9.95. The Hall–Kier alpha value is -0.430. The normalized spacial score (nSPS) is 29.1. The number of pyridine rings is 1. The maximum Gasteiger partial charge on any atom is 0.126 e. The van der Waals surface area contributed by atoms with Crippen LogP contribution in [-0.2, 0) is 6.42 Å². The summed E-state index contributed by atoms with van der Waals surface area (Å²) >= 11 is 4.06. The Morgan fingerprint density at radius 2 is 2.26 bits per heavy atom. The molecule has 1 aliphatic rings. The Morgan fingerprint density at radius 3 is 2.89 bits per heavy atom. The third-order valence-corrected chi connectivity index (χ3v) is 7.15. The van der Waals surface area contributed by atoms with Gasteiger partial charge < -0.3 is 5.73 Å². The quantitative estimate of drug-likeness (QED) is 0.580. The fourth-order valence-electron chi connectivity index (χ4n) is 2.18. The molecule has 19 heavy (non-hydrogen) atoms. The first-order valence-corrected chi connectivity index (χ1v) is 8.53. The lowest BCUT2D eigenvalue weighted by atomic mass is 10.0. The Labute approximate surface area is 123 Å². The van der Waals surface area contributed by atoms with Gasteiger partial charge >= 0.3 is 0 Å². The van der Waals surface area contributed by atoms with Crippen molar-refractivity contribution >= 4 is 29.3 Å². The van der Waals surface area contributed by atoms with Crippen molar-refractivity contribution in [3.8, 4) is 0 Å². The first-order valence-electron chi connectivity index (χ1n) is 6.54. The van der Waals surface area contributed by atoms with Gasteiger partial charge in [-0.25, -0.2) is 4.98 Å². The molecule has 0 spiro atoms. The van der Waals surface area contributed by atoms with Crippen LogP contribution in [0.3, 0.4) is 0 Å². The molecule has 0 aromatic carbocycles. The number of nitrogens with one attached hydrogen (secondary N) is 1. The largest absolute Gasteiger partial charge is 0.383 e. The van der Waals surface area contributed by atoms with Gasteiger partial charge in [-0.15, -0.1) is 0 Å². The van der Waals surface area contributed by atoms with Crippen LogP contribution in [0.5, 0.6) is 0 Å². The number of nitrogens with zero attached hydrogens (tertiary/aromatic N) is 1. The molecule has 2 heterocycles. The minimum atomic E-state index is 0.235. The van der Waals surface area contributed by atoms with E-state index < -0.39 is 0 Å². The molecule has 4 atom stereocenters. The molecule has 2 rings (SSSR count). The van der Waals surface area contributed by atoms with Crippen LogP contribution in [0.4, 0.5) is 5.82 Å². The highest BCUT2D eigenvalue weighted by atomic mass is 32.2. The average molecular weight is 298 g/mol. The maximum absolute atomic E-state index is 5.91. The van der Waals surface area contributed by atoms with Gasteiger partial charge in [0.15, 0.2) is 0 Å². The van der Waals surface area contributed by atoms with Gasteiger partial charge in [0.2, 0.25) is 0 Å². The van der Waals surface area contributed by atoms with Gasteiger partial charge in [-0.2, -0.15) is 23.5 Å². The zero-order valence-electron chi connectivity index (χ0n) is 11.4. The van der Waals surface area contributed by atoms with Gasteiger partial charge in [-0.05, 0) is 18.1 Å². The number of hydrogen-bond donors (Lipinski definition) is 3. The Bertz CT molecular complexity index is 415. The van der Waals surface area contributed by atoms with Crippen molar-refractivity contribution < 1.29 is 0 Å². The molecule has 0 radical (unpaired) electrons. The van der Waals surface area contributed by atoms with Crippen molar-refractivity contribution in [2.75, 3.05) is 11.5 Å².